The Morgan fingerprint density at radius 1 is 1.31 bits per heavy atom. The van der Waals surface area contributed by atoms with Crippen molar-refractivity contribution in [3.05, 3.63) is 51.3 Å². The Morgan fingerprint density at radius 2 is 2.00 bits per heavy atom. The summed E-state index contributed by atoms with van der Waals surface area (Å²) < 4.78 is 38.0. The SMILES string of the molecule is CCN(C(=O)c1sccc1S(=O)(=O)Nc1onc(C)c1Cl)c1ccc(OC)cc1. The molecule has 11 heteroatoms. The van der Waals surface area contributed by atoms with E-state index in [1.807, 2.05) is 0 Å². The Morgan fingerprint density at radius 3 is 2.55 bits per heavy atom. The number of anilines is 2. The molecule has 0 aliphatic rings. The summed E-state index contributed by atoms with van der Waals surface area (Å²) in [6, 6.07) is 8.29. The van der Waals surface area contributed by atoms with E-state index in [9.17, 15) is 13.2 Å². The van der Waals surface area contributed by atoms with E-state index in [2.05, 4.69) is 9.88 Å². The molecular formula is C18H18ClN3O5S2. The lowest BCUT2D eigenvalue weighted by Crippen LogP contribution is -2.31. The number of rotatable bonds is 7. The molecule has 0 radical (unpaired) electrons. The standard InChI is InChI=1S/C18H18ClN3O5S2/c1-4-22(12-5-7-13(26-3)8-6-12)18(23)16-14(9-10-28-16)29(24,25)21-17-15(19)11(2)20-27-17/h5-10,21H,4H2,1-3H3. The molecule has 3 aromatic rings. The predicted molar refractivity (Wildman–Crippen MR) is 112 cm³/mol. The van der Waals surface area contributed by atoms with Gasteiger partial charge in [0, 0.05) is 12.2 Å². The Bertz CT molecular complexity index is 1120. The molecule has 0 saturated heterocycles. The van der Waals surface area contributed by atoms with Gasteiger partial charge in [-0.1, -0.05) is 16.8 Å². The van der Waals surface area contributed by atoms with Crippen molar-refractivity contribution in [1.82, 2.24) is 5.16 Å². The van der Waals surface area contributed by atoms with Crippen molar-refractivity contribution in [2.75, 3.05) is 23.3 Å². The molecule has 2 heterocycles. The van der Waals surface area contributed by atoms with E-state index >= 15 is 0 Å². The number of aryl methyl sites for hydroxylation is 1. The van der Waals surface area contributed by atoms with Gasteiger partial charge in [-0.2, -0.15) is 0 Å². The minimum atomic E-state index is -4.11. The van der Waals surface area contributed by atoms with Gasteiger partial charge in [0.2, 0.25) is 0 Å². The summed E-state index contributed by atoms with van der Waals surface area (Å²) in [5, 5.41) is 5.22. The Hall–Kier alpha value is -2.56. The fourth-order valence-corrected chi connectivity index (χ4v) is 5.13. The fourth-order valence-electron chi connectivity index (χ4n) is 2.59. The maximum atomic E-state index is 13.1. The number of amides is 1. The quantitative estimate of drug-likeness (QED) is 0.573. The maximum absolute atomic E-state index is 13.1. The van der Waals surface area contributed by atoms with Gasteiger partial charge in [-0.3, -0.25) is 4.79 Å². The van der Waals surface area contributed by atoms with Crippen LogP contribution in [0.5, 0.6) is 5.75 Å². The first-order valence-corrected chi connectivity index (χ1v) is 11.2. The summed E-state index contributed by atoms with van der Waals surface area (Å²) in [7, 11) is -2.56. The number of methoxy groups -OCH3 is 1. The van der Waals surface area contributed by atoms with Crippen molar-refractivity contribution in [1.29, 1.82) is 0 Å². The molecule has 3 rings (SSSR count). The van der Waals surface area contributed by atoms with Crippen LogP contribution in [-0.2, 0) is 10.0 Å². The van der Waals surface area contributed by atoms with Crippen molar-refractivity contribution in [2.24, 2.45) is 0 Å². The van der Waals surface area contributed by atoms with Gasteiger partial charge in [-0.05, 0) is 49.6 Å². The molecule has 1 amide bonds. The molecule has 0 atom stereocenters. The maximum Gasteiger partial charge on any atom is 0.269 e. The zero-order valence-corrected chi connectivity index (χ0v) is 18.2. The van der Waals surface area contributed by atoms with Gasteiger partial charge < -0.3 is 14.2 Å². The average Bonchev–Trinajstić information content (AvgIpc) is 3.32. The van der Waals surface area contributed by atoms with Crippen LogP contribution in [0, 0.1) is 6.92 Å². The fraction of sp³-hybridized carbons (Fsp3) is 0.222. The van der Waals surface area contributed by atoms with Crippen molar-refractivity contribution < 1.29 is 22.5 Å². The third kappa shape index (κ3) is 4.24. The molecule has 29 heavy (non-hydrogen) atoms. The Labute approximate surface area is 177 Å². The number of thiophene rings is 1. The number of carbonyl (C=O) groups excluding carboxylic acids is 1. The summed E-state index contributed by atoms with van der Waals surface area (Å²) in [5.41, 5.74) is 0.972. The first-order chi connectivity index (χ1) is 13.8. The minimum absolute atomic E-state index is 0.0603. The van der Waals surface area contributed by atoms with Crippen LogP contribution in [0.25, 0.3) is 0 Å². The Kier molecular flexibility index (Phi) is 6.15. The predicted octanol–water partition coefficient (Wildman–Crippen LogP) is 4.17. The van der Waals surface area contributed by atoms with Gasteiger partial charge in [0.25, 0.3) is 21.8 Å². The molecule has 0 unspecified atom stereocenters. The topological polar surface area (TPSA) is 102 Å². The second-order valence-corrected chi connectivity index (χ2v) is 8.82. The lowest BCUT2D eigenvalue weighted by molar-refractivity contribution is 0.0989. The van der Waals surface area contributed by atoms with E-state index in [0.717, 1.165) is 11.3 Å². The van der Waals surface area contributed by atoms with E-state index in [1.54, 1.807) is 45.2 Å². The van der Waals surface area contributed by atoms with Crippen LogP contribution in [0.1, 0.15) is 22.3 Å². The monoisotopic (exact) mass is 455 g/mol. The largest absolute Gasteiger partial charge is 0.497 e. The summed E-state index contributed by atoms with van der Waals surface area (Å²) in [6.07, 6.45) is 0. The number of sulfonamides is 1. The molecule has 154 valence electrons. The number of hydrogen-bond acceptors (Lipinski definition) is 7. The smallest absolute Gasteiger partial charge is 0.269 e. The first-order valence-electron chi connectivity index (χ1n) is 8.46. The summed E-state index contributed by atoms with van der Waals surface area (Å²) in [6.45, 7) is 3.74. The molecule has 1 aromatic carbocycles. The van der Waals surface area contributed by atoms with Crippen LogP contribution >= 0.6 is 22.9 Å². The van der Waals surface area contributed by atoms with Crippen LogP contribution < -0.4 is 14.4 Å². The first kappa shape index (κ1) is 21.2. The third-order valence-corrected chi connectivity index (χ3v) is 6.93. The number of nitrogens with zero attached hydrogens (tertiary/aromatic N) is 2. The zero-order valence-electron chi connectivity index (χ0n) is 15.8. The number of benzene rings is 1. The van der Waals surface area contributed by atoms with E-state index in [0.29, 0.717) is 23.7 Å². The lowest BCUT2D eigenvalue weighted by Gasteiger charge is -2.21. The van der Waals surface area contributed by atoms with Crippen molar-refractivity contribution in [3.63, 3.8) is 0 Å². The van der Waals surface area contributed by atoms with E-state index in [1.165, 1.54) is 16.3 Å². The van der Waals surface area contributed by atoms with E-state index in [4.69, 9.17) is 20.9 Å². The summed E-state index contributed by atoms with van der Waals surface area (Å²) in [4.78, 5) is 14.5. The van der Waals surface area contributed by atoms with Crippen molar-refractivity contribution >= 4 is 50.4 Å². The molecule has 0 aliphatic heterocycles. The molecule has 0 bridgehead atoms. The average molecular weight is 456 g/mol. The molecule has 0 saturated carbocycles. The molecule has 0 fully saturated rings. The van der Waals surface area contributed by atoms with Crippen LogP contribution in [0.2, 0.25) is 5.02 Å². The second-order valence-electron chi connectivity index (χ2n) is 5.88. The molecule has 1 N–H and O–H groups in total. The number of carbonyl (C=O) groups is 1. The van der Waals surface area contributed by atoms with Gasteiger partial charge in [0.1, 0.15) is 26.2 Å². The van der Waals surface area contributed by atoms with Crippen molar-refractivity contribution in [3.8, 4) is 5.75 Å². The van der Waals surface area contributed by atoms with Gasteiger partial charge in [0.05, 0.1) is 7.11 Å². The van der Waals surface area contributed by atoms with Crippen LogP contribution in [0.15, 0.2) is 45.1 Å². The molecule has 0 spiro atoms. The van der Waals surface area contributed by atoms with Crippen LogP contribution in [0.4, 0.5) is 11.6 Å². The van der Waals surface area contributed by atoms with Gasteiger partial charge in [-0.15, -0.1) is 11.3 Å². The molecule has 0 aliphatic carbocycles. The van der Waals surface area contributed by atoms with Crippen LogP contribution in [0.3, 0.4) is 0 Å². The van der Waals surface area contributed by atoms with E-state index in [-0.39, 0.29) is 20.7 Å². The Balaban J connectivity index is 1.92. The minimum Gasteiger partial charge on any atom is -0.497 e. The highest BCUT2D eigenvalue weighted by molar-refractivity contribution is 7.93. The van der Waals surface area contributed by atoms with Gasteiger partial charge >= 0.3 is 0 Å². The molecule has 2 aromatic heterocycles. The van der Waals surface area contributed by atoms with E-state index < -0.39 is 15.9 Å². The van der Waals surface area contributed by atoms with Gasteiger partial charge in [0.15, 0.2) is 0 Å². The normalized spacial score (nSPS) is 11.3. The number of nitrogens with one attached hydrogen (secondary N) is 1. The second kappa shape index (κ2) is 8.44. The summed E-state index contributed by atoms with van der Waals surface area (Å²) in [5.74, 6) is 0.0178. The zero-order chi connectivity index (χ0) is 21.2. The van der Waals surface area contributed by atoms with Crippen LogP contribution in [-0.4, -0.2) is 33.1 Å². The van der Waals surface area contributed by atoms with Gasteiger partial charge in [-0.25, -0.2) is 13.1 Å². The number of aromatic nitrogens is 1. The third-order valence-electron chi connectivity index (χ3n) is 4.08. The number of hydrogen-bond donors (Lipinski definition) is 1. The van der Waals surface area contributed by atoms with Crippen molar-refractivity contribution in [2.45, 2.75) is 18.7 Å². The highest BCUT2D eigenvalue weighted by atomic mass is 35.5. The molecular weight excluding hydrogens is 438 g/mol. The lowest BCUT2D eigenvalue weighted by atomic mass is 10.2. The molecule has 8 nitrogen and oxygen atoms in total. The highest BCUT2D eigenvalue weighted by Gasteiger charge is 2.29. The number of halogens is 1. The summed E-state index contributed by atoms with van der Waals surface area (Å²) >= 11 is 7.03. The highest BCUT2D eigenvalue weighted by Crippen LogP contribution is 2.31. The number of ether oxygens (including phenoxy) is 1.